The third-order valence-corrected chi connectivity index (χ3v) is 7.82. The molecule has 0 bridgehead atoms. The van der Waals surface area contributed by atoms with Crippen LogP contribution in [0.15, 0.2) is 77.7 Å². The van der Waals surface area contributed by atoms with Crippen LogP contribution in [0.2, 0.25) is 5.02 Å². The molecular formula is C22H16ClNO4S2. The highest BCUT2D eigenvalue weighted by Gasteiger charge is 2.27. The average Bonchev–Trinajstić information content (AvgIpc) is 3.38. The third-order valence-electron chi connectivity index (χ3n) is 4.87. The van der Waals surface area contributed by atoms with E-state index in [1.807, 2.05) is 48.5 Å². The van der Waals surface area contributed by atoms with E-state index >= 15 is 0 Å². The standard InChI is InChI=1S/C22H16ClNO4S2/c23-17-7-3-2-6-16(17)22(21-11-14-5-1-4-8-20(14)29-21)24-30(25,26)15-9-10-18-19(12-15)28-13-27-18/h1-12,22,24H,13H2/t22-/m1/s1. The van der Waals surface area contributed by atoms with Crippen LogP contribution in [0.4, 0.5) is 0 Å². The van der Waals surface area contributed by atoms with Crippen LogP contribution in [-0.2, 0) is 10.0 Å². The van der Waals surface area contributed by atoms with E-state index in [2.05, 4.69) is 4.72 Å². The summed E-state index contributed by atoms with van der Waals surface area (Å²) in [6.45, 7) is 0.0797. The summed E-state index contributed by atoms with van der Waals surface area (Å²) in [5.74, 6) is 0.940. The van der Waals surface area contributed by atoms with Gasteiger partial charge in [0.05, 0.1) is 10.9 Å². The van der Waals surface area contributed by atoms with Crippen LogP contribution >= 0.6 is 22.9 Å². The molecule has 2 heterocycles. The Morgan fingerprint density at radius 3 is 2.53 bits per heavy atom. The molecule has 1 N–H and O–H groups in total. The molecule has 5 nitrogen and oxygen atoms in total. The first-order valence-electron chi connectivity index (χ1n) is 9.16. The highest BCUT2D eigenvalue weighted by Crippen LogP contribution is 2.38. The lowest BCUT2D eigenvalue weighted by atomic mass is 10.1. The van der Waals surface area contributed by atoms with Crippen molar-refractivity contribution in [3.63, 3.8) is 0 Å². The molecule has 1 aliphatic heterocycles. The van der Waals surface area contributed by atoms with Crippen LogP contribution < -0.4 is 14.2 Å². The van der Waals surface area contributed by atoms with Crippen LogP contribution in [0.25, 0.3) is 10.1 Å². The van der Waals surface area contributed by atoms with E-state index in [9.17, 15) is 8.42 Å². The second-order valence-electron chi connectivity index (χ2n) is 6.78. The summed E-state index contributed by atoms with van der Waals surface area (Å²) in [5, 5.41) is 1.55. The zero-order valence-electron chi connectivity index (χ0n) is 15.5. The SMILES string of the molecule is O=S(=O)(N[C@@H](c1cc2ccccc2s1)c1ccccc1Cl)c1ccc2c(c1)OCO2. The van der Waals surface area contributed by atoms with Gasteiger partial charge in [0.15, 0.2) is 11.5 Å². The van der Waals surface area contributed by atoms with Crippen molar-refractivity contribution in [2.45, 2.75) is 10.9 Å². The highest BCUT2D eigenvalue weighted by molar-refractivity contribution is 7.89. The molecule has 5 rings (SSSR count). The van der Waals surface area contributed by atoms with Crippen molar-refractivity contribution in [3.8, 4) is 11.5 Å². The number of hydrogen-bond acceptors (Lipinski definition) is 5. The van der Waals surface area contributed by atoms with E-state index in [0.29, 0.717) is 22.1 Å². The number of nitrogens with one attached hydrogen (secondary N) is 1. The molecule has 0 aliphatic carbocycles. The molecular weight excluding hydrogens is 442 g/mol. The van der Waals surface area contributed by atoms with Gasteiger partial charge in [-0.05, 0) is 41.3 Å². The number of ether oxygens (including phenoxy) is 2. The van der Waals surface area contributed by atoms with Crippen LogP contribution in [0, 0.1) is 0 Å². The minimum absolute atomic E-state index is 0.0797. The maximum absolute atomic E-state index is 13.3. The summed E-state index contributed by atoms with van der Waals surface area (Å²) >= 11 is 7.99. The zero-order chi connectivity index (χ0) is 20.7. The Hall–Kier alpha value is -2.58. The van der Waals surface area contributed by atoms with Crippen molar-refractivity contribution in [2.24, 2.45) is 0 Å². The van der Waals surface area contributed by atoms with Gasteiger partial charge < -0.3 is 9.47 Å². The average molecular weight is 458 g/mol. The molecule has 8 heteroatoms. The van der Waals surface area contributed by atoms with Gasteiger partial charge in [-0.25, -0.2) is 8.42 Å². The Balaban J connectivity index is 1.59. The summed E-state index contributed by atoms with van der Waals surface area (Å²) in [7, 11) is -3.87. The first kappa shape index (κ1) is 19.4. The fraction of sp³-hybridized carbons (Fsp3) is 0.0909. The minimum Gasteiger partial charge on any atom is -0.454 e. The largest absolute Gasteiger partial charge is 0.454 e. The van der Waals surface area contributed by atoms with Gasteiger partial charge in [-0.2, -0.15) is 4.72 Å². The number of halogens is 1. The van der Waals surface area contributed by atoms with Crippen LogP contribution in [0.5, 0.6) is 11.5 Å². The molecule has 1 atom stereocenters. The summed E-state index contributed by atoms with van der Waals surface area (Å²) in [4.78, 5) is 0.957. The van der Waals surface area contributed by atoms with Gasteiger partial charge in [-0.3, -0.25) is 0 Å². The quantitative estimate of drug-likeness (QED) is 0.438. The van der Waals surface area contributed by atoms with Gasteiger partial charge in [0.25, 0.3) is 0 Å². The molecule has 1 aromatic heterocycles. The highest BCUT2D eigenvalue weighted by atomic mass is 35.5. The van der Waals surface area contributed by atoms with E-state index in [1.165, 1.54) is 23.5 Å². The zero-order valence-corrected chi connectivity index (χ0v) is 17.9. The first-order valence-corrected chi connectivity index (χ1v) is 11.8. The fourth-order valence-electron chi connectivity index (χ4n) is 3.40. The molecule has 1 aliphatic rings. The van der Waals surface area contributed by atoms with Crippen molar-refractivity contribution >= 4 is 43.0 Å². The molecule has 0 spiro atoms. The lowest BCUT2D eigenvalue weighted by Crippen LogP contribution is -2.29. The third kappa shape index (κ3) is 3.54. The Labute approximate surface area is 182 Å². The van der Waals surface area contributed by atoms with E-state index in [4.69, 9.17) is 21.1 Å². The maximum Gasteiger partial charge on any atom is 0.241 e. The molecule has 30 heavy (non-hydrogen) atoms. The number of sulfonamides is 1. The molecule has 0 fully saturated rings. The second kappa shape index (κ2) is 7.59. The van der Waals surface area contributed by atoms with Crippen molar-refractivity contribution in [1.29, 1.82) is 0 Å². The van der Waals surface area contributed by atoms with E-state index in [-0.39, 0.29) is 11.7 Å². The van der Waals surface area contributed by atoms with E-state index < -0.39 is 16.1 Å². The van der Waals surface area contributed by atoms with Crippen LogP contribution in [0.1, 0.15) is 16.5 Å². The fourth-order valence-corrected chi connectivity index (χ4v) is 6.06. The predicted molar refractivity (Wildman–Crippen MR) is 118 cm³/mol. The second-order valence-corrected chi connectivity index (χ2v) is 10.0. The lowest BCUT2D eigenvalue weighted by molar-refractivity contribution is 0.174. The topological polar surface area (TPSA) is 64.6 Å². The Morgan fingerprint density at radius 1 is 0.933 bits per heavy atom. The Morgan fingerprint density at radius 2 is 1.70 bits per heavy atom. The maximum atomic E-state index is 13.3. The lowest BCUT2D eigenvalue weighted by Gasteiger charge is -2.19. The summed E-state index contributed by atoms with van der Waals surface area (Å²) in [6, 6.07) is 21.1. The van der Waals surface area contributed by atoms with Gasteiger partial charge in [-0.15, -0.1) is 11.3 Å². The molecule has 3 aromatic carbocycles. The van der Waals surface area contributed by atoms with E-state index in [0.717, 1.165) is 15.0 Å². The summed E-state index contributed by atoms with van der Waals surface area (Å²) < 4.78 is 41.1. The van der Waals surface area contributed by atoms with Gasteiger partial charge in [0.2, 0.25) is 16.8 Å². The van der Waals surface area contributed by atoms with Crippen molar-refractivity contribution in [2.75, 3.05) is 6.79 Å². The van der Waals surface area contributed by atoms with Gasteiger partial charge in [0.1, 0.15) is 0 Å². The Kier molecular flexibility index (Phi) is 4.91. The molecule has 0 radical (unpaired) electrons. The van der Waals surface area contributed by atoms with E-state index in [1.54, 1.807) is 12.1 Å². The van der Waals surface area contributed by atoms with Crippen molar-refractivity contribution < 1.29 is 17.9 Å². The normalized spacial score (nSPS) is 14.2. The van der Waals surface area contributed by atoms with Gasteiger partial charge in [0, 0.05) is 20.7 Å². The molecule has 0 saturated carbocycles. The van der Waals surface area contributed by atoms with Crippen molar-refractivity contribution in [1.82, 2.24) is 4.72 Å². The summed E-state index contributed by atoms with van der Waals surface area (Å²) in [6.07, 6.45) is 0. The number of fused-ring (bicyclic) bond motifs is 2. The molecule has 0 saturated heterocycles. The number of thiophene rings is 1. The first-order chi connectivity index (χ1) is 14.5. The molecule has 152 valence electrons. The van der Waals surface area contributed by atoms with Crippen LogP contribution in [0.3, 0.4) is 0 Å². The Bertz CT molecular complexity index is 1320. The predicted octanol–water partition coefficient (Wildman–Crippen LogP) is 5.35. The van der Waals surface area contributed by atoms with Gasteiger partial charge >= 0.3 is 0 Å². The minimum atomic E-state index is -3.87. The summed E-state index contributed by atoms with van der Waals surface area (Å²) in [5.41, 5.74) is 0.690. The number of benzene rings is 3. The van der Waals surface area contributed by atoms with Gasteiger partial charge in [-0.1, -0.05) is 48.0 Å². The molecule has 0 amide bonds. The number of hydrogen-bond donors (Lipinski definition) is 1. The smallest absolute Gasteiger partial charge is 0.241 e. The number of rotatable bonds is 5. The molecule has 4 aromatic rings. The molecule has 0 unspecified atom stereocenters. The monoisotopic (exact) mass is 457 g/mol. The van der Waals surface area contributed by atoms with Crippen molar-refractivity contribution in [3.05, 3.63) is 88.3 Å². The van der Waals surface area contributed by atoms with Crippen LogP contribution in [-0.4, -0.2) is 15.2 Å².